The smallest absolute Gasteiger partial charge is 0.119 e. The highest BCUT2D eigenvalue weighted by Crippen LogP contribution is 2.21. The number of halogens is 1. The number of alkyl halides is 1. The quantitative estimate of drug-likeness (QED) is 0.774. The zero-order chi connectivity index (χ0) is 12.0. The Labute approximate surface area is 102 Å². The van der Waals surface area contributed by atoms with Crippen molar-refractivity contribution in [3.8, 4) is 5.75 Å². The van der Waals surface area contributed by atoms with Crippen LogP contribution < -0.4 is 4.74 Å². The van der Waals surface area contributed by atoms with E-state index in [1.165, 1.54) is 0 Å². The average Bonchev–Trinajstić information content (AvgIpc) is 2.26. The molecule has 90 valence electrons. The Balaban J connectivity index is 2.56. The molecule has 0 amide bonds. The van der Waals surface area contributed by atoms with Gasteiger partial charge in [-0.2, -0.15) is 0 Å². The fraction of sp³-hybridized carbons (Fsp3) is 0.538. The van der Waals surface area contributed by atoms with E-state index in [1.54, 1.807) is 0 Å². The van der Waals surface area contributed by atoms with Gasteiger partial charge in [-0.05, 0) is 44.4 Å². The molecule has 3 heteroatoms. The second-order valence-electron chi connectivity index (χ2n) is 4.08. The number of aliphatic hydroxyl groups is 1. The summed E-state index contributed by atoms with van der Waals surface area (Å²) in [7, 11) is 0. The third-order valence-electron chi connectivity index (χ3n) is 2.25. The minimum atomic E-state index is -0.424. The van der Waals surface area contributed by atoms with E-state index < -0.39 is 6.10 Å². The van der Waals surface area contributed by atoms with E-state index in [0.29, 0.717) is 12.3 Å². The topological polar surface area (TPSA) is 29.5 Å². The first-order chi connectivity index (χ1) is 7.63. The van der Waals surface area contributed by atoms with Gasteiger partial charge in [0, 0.05) is 5.88 Å². The molecule has 1 N–H and O–H groups in total. The normalized spacial score (nSPS) is 12.8. The highest BCUT2D eigenvalue weighted by molar-refractivity contribution is 6.17. The second-order valence-corrected chi connectivity index (χ2v) is 4.46. The van der Waals surface area contributed by atoms with Crippen LogP contribution in [-0.4, -0.2) is 17.1 Å². The number of aliphatic hydroxyl groups excluding tert-OH is 1. The molecule has 1 rings (SSSR count). The third kappa shape index (κ3) is 4.42. The molecule has 0 saturated heterocycles. The molecule has 0 spiro atoms. The first kappa shape index (κ1) is 13.3. The second kappa shape index (κ2) is 6.77. The van der Waals surface area contributed by atoms with Crippen LogP contribution in [0, 0.1) is 0 Å². The Kier molecular flexibility index (Phi) is 5.64. The molecule has 16 heavy (non-hydrogen) atoms. The third-order valence-corrected chi connectivity index (χ3v) is 2.52. The van der Waals surface area contributed by atoms with Crippen molar-refractivity contribution in [3.05, 3.63) is 29.8 Å². The van der Waals surface area contributed by atoms with E-state index in [1.807, 2.05) is 38.1 Å². The van der Waals surface area contributed by atoms with Gasteiger partial charge in [0.05, 0.1) is 12.2 Å². The molecule has 0 aliphatic carbocycles. The fourth-order valence-electron chi connectivity index (χ4n) is 1.48. The molecule has 0 aliphatic rings. The molecule has 0 saturated carbocycles. The summed E-state index contributed by atoms with van der Waals surface area (Å²) >= 11 is 5.58. The number of hydrogen-bond acceptors (Lipinski definition) is 2. The largest absolute Gasteiger partial charge is 0.491 e. The van der Waals surface area contributed by atoms with Gasteiger partial charge in [-0.3, -0.25) is 0 Å². The Morgan fingerprint density at radius 2 is 1.88 bits per heavy atom. The number of rotatable bonds is 6. The SMILES string of the molecule is CC(C)Oc1ccc(C(O)CCCCl)cc1. The van der Waals surface area contributed by atoms with Crippen LogP contribution in [0.25, 0.3) is 0 Å². The summed E-state index contributed by atoms with van der Waals surface area (Å²) in [6.07, 6.45) is 1.28. The molecule has 0 radical (unpaired) electrons. The Morgan fingerprint density at radius 3 is 2.38 bits per heavy atom. The highest BCUT2D eigenvalue weighted by atomic mass is 35.5. The number of hydrogen-bond donors (Lipinski definition) is 1. The average molecular weight is 243 g/mol. The van der Waals surface area contributed by atoms with Gasteiger partial charge in [-0.25, -0.2) is 0 Å². The van der Waals surface area contributed by atoms with E-state index in [0.717, 1.165) is 17.7 Å². The zero-order valence-electron chi connectivity index (χ0n) is 9.82. The summed E-state index contributed by atoms with van der Waals surface area (Å²) in [6.45, 7) is 3.98. The van der Waals surface area contributed by atoms with E-state index in [-0.39, 0.29) is 6.10 Å². The van der Waals surface area contributed by atoms with Crippen molar-refractivity contribution in [1.29, 1.82) is 0 Å². The van der Waals surface area contributed by atoms with Crippen molar-refractivity contribution < 1.29 is 9.84 Å². The van der Waals surface area contributed by atoms with Crippen molar-refractivity contribution in [2.75, 3.05) is 5.88 Å². The van der Waals surface area contributed by atoms with Crippen molar-refractivity contribution in [1.82, 2.24) is 0 Å². The molecular weight excluding hydrogens is 224 g/mol. The van der Waals surface area contributed by atoms with Crippen LogP contribution in [0.15, 0.2) is 24.3 Å². The monoisotopic (exact) mass is 242 g/mol. The van der Waals surface area contributed by atoms with E-state index >= 15 is 0 Å². The fourth-order valence-corrected chi connectivity index (χ4v) is 1.63. The van der Waals surface area contributed by atoms with Gasteiger partial charge in [0.1, 0.15) is 5.75 Å². The van der Waals surface area contributed by atoms with Gasteiger partial charge in [-0.15, -0.1) is 11.6 Å². The van der Waals surface area contributed by atoms with Gasteiger partial charge in [0.2, 0.25) is 0 Å². The first-order valence-electron chi connectivity index (χ1n) is 5.64. The summed E-state index contributed by atoms with van der Waals surface area (Å²) in [5, 5.41) is 9.82. The van der Waals surface area contributed by atoms with Crippen molar-refractivity contribution in [3.63, 3.8) is 0 Å². The molecule has 0 bridgehead atoms. The van der Waals surface area contributed by atoms with Gasteiger partial charge in [0.15, 0.2) is 0 Å². The Bertz CT molecular complexity index is 295. The van der Waals surface area contributed by atoms with Crippen LogP contribution in [0.2, 0.25) is 0 Å². The lowest BCUT2D eigenvalue weighted by molar-refractivity contribution is 0.166. The molecule has 1 aromatic carbocycles. The lowest BCUT2D eigenvalue weighted by Gasteiger charge is -2.12. The van der Waals surface area contributed by atoms with Crippen molar-refractivity contribution >= 4 is 11.6 Å². The van der Waals surface area contributed by atoms with Crippen LogP contribution >= 0.6 is 11.6 Å². The molecule has 1 unspecified atom stereocenters. The minimum absolute atomic E-state index is 0.173. The first-order valence-corrected chi connectivity index (χ1v) is 6.17. The van der Waals surface area contributed by atoms with Crippen LogP contribution in [0.1, 0.15) is 38.4 Å². The molecule has 0 aromatic heterocycles. The number of ether oxygens (including phenoxy) is 1. The highest BCUT2D eigenvalue weighted by Gasteiger charge is 2.07. The van der Waals surface area contributed by atoms with E-state index in [4.69, 9.17) is 16.3 Å². The molecule has 1 aromatic rings. The molecule has 0 fully saturated rings. The zero-order valence-corrected chi connectivity index (χ0v) is 10.6. The van der Waals surface area contributed by atoms with E-state index in [2.05, 4.69) is 0 Å². The predicted molar refractivity (Wildman–Crippen MR) is 67.1 cm³/mol. The lowest BCUT2D eigenvalue weighted by Crippen LogP contribution is -2.05. The van der Waals surface area contributed by atoms with Gasteiger partial charge < -0.3 is 9.84 Å². The van der Waals surface area contributed by atoms with E-state index in [9.17, 15) is 5.11 Å². The van der Waals surface area contributed by atoms with Crippen molar-refractivity contribution in [2.24, 2.45) is 0 Å². The molecule has 2 nitrogen and oxygen atoms in total. The minimum Gasteiger partial charge on any atom is -0.491 e. The maximum absolute atomic E-state index is 9.82. The summed E-state index contributed by atoms with van der Waals surface area (Å²) in [4.78, 5) is 0. The molecular formula is C13H19ClO2. The lowest BCUT2D eigenvalue weighted by atomic mass is 10.1. The van der Waals surface area contributed by atoms with Gasteiger partial charge in [-0.1, -0.05) is 12.1 Å². The summed E-state index contributed by atoms with van der Waals surface area (Å²) in [5.74, 6) is 1.43. The van der Waals surface area contributed by atoms with Crippen LogP contribution in [0.5, 0.6) is 5.75 Å². The van der Waals surface area contributed by atoms with Gasteiger partial charge >= 0.3 is 0 Å². The van der Waals surface area contributed by atoms with Crippen LogP contribution in [0.4, 0.5) is 0 Å². The predicted octanol–water partition coefficient (Wildman–Crippen LogP) is 3.53. The summed E-state index contributed by atoms with van der Waals surface area (Å²) < 4.78 is 5.53. The number of benzene rings is 1. The summed E-state index contributed by atoms with van der Waals surface area (Å²) in [6, 6.07) is 7.58. The Morgan fingerprint density at radius 1 is 1.25 bits per heavy atom. The van der Waals surface area contributed by atoms with Crippen molar-refractivity contribution in [2.45, 2.75) is 38.9 Å². The molecule has 0 aliphatic heterocycles. The summed E-state index contributed by atoms with van der Waals surface area (Å²) in [5.41, 5.74) is 0.918. The maximum Gasteiger partial charge on any atom is 0.119 e. The molecule has 1 atom stereocenters. The Hall–Kier alpha value is -0.730. The standard InChI is InChI=1S/C13H19ClO2/c1-10(2)16-12-7-5-11(6-8-12)13(15)4-3-9-14/h5-8,10,13,15H,3-4,9H2,1-2H3. The van der Waals surface area contributed by atoms with Crippen LogP contribution in [-0.2, 0) is 0 Å². The van der Waals surface area contributed by atoms with Crippen LogP contribution in [0.3, 0.4) is 0 Å². The molecule has 0 heterocycles. The maximum atomic E-state index is 9.82. The van der Waals surface area contributed by atoms with Gasteiger partial charge in [0.25, 0.3) is 0 Å².